The van der Waals surface area contributed by atoms with Gasteiger partial charge in [0.1, 0.15) is 0 Å². The topological polar surface area (TPSA) is 17.3 Å². The number of aromatic nitrogens is 1. The van der Waals surface area contributed by atoms with E-state index < -0.39 is 0 Å². The Labute approximate surface area is 346 Å². The Hall–Kier alpha value is -7.55. The summed E-state index contributed by atoms with van der Waals surface area (Å²) >= 11 is 0. The van der Waals surface area contributed by atoms with Gasteiger partial charge in [-0.05, 0) is 87.3 Å². The van der Waals surface area contributed by atoms with Gasteiger partial charge in [0.05, 0.1) is 22.6 Å². The first-order valence-corrected chi connectivity index (χ1v) is 20.3. The minimum Gasteiger partial charge on any atom is -0.309 e. The van der Waals surface area contributed by atoms with Crippen LogP contribution < -0.4 is 0 Å². The van der Waals surface area contributed by atoms with E-state index in [0.29, 0.717) is 0 Å². The molecule has 1 atom stereocenters. The highest BCUT2D eigenvalue weighted by Gasteiger charge is 2.32. The van der Waals surface area contributed by atoms with Crippen molar-refractivity contribution in [1.29, 1.82) is 0 Å². The summed E-state index contributed by atoms with van der Waals surface area (Å²) in [5, 5.41) is 1.25. The first kappa shape index (κ1) is 35.8. The number of allylic oxidation sites excluding steroid dienone is 2. The van der Waals surface area contributed by atoms with Crippen LogP contribution in [0.3, 0.4) is 0 Å². The van der Waals surface area contributed by atoms with Gasteiger partial charge in [0, 0.05) is 33.7 Å². The van der Waals surface area contributed by atoms with Crippen LogP contribution in [0.25, 0.3) is 61.4 Å². The lowest BCUT2D eigenvalue weighted by molar-refractivity contribution is 0.985. The summed E-state index contributed by atoms with van der Waals surface area (Å²) in [7, 11) is 0. The standard InChI is InChI=1S/C57H42N2/c1-39(41-20-6-3-7-21-41)36-53(58-40(2)42-22-8-4-9-23-42)45-26-18-24-43(37-45)44-25-19-27-46(38-44)55-48-30-12-13-31-49(48)56-52-34-16-17-35-54(52)59(47-28-10-5-11-29-47)57(56)51-33-15-14-32-50(51)55/h3-38,55H,2H2,1H3/b39-36+,58-53?/t55-/m1/s1. The maximum absolute atomic E-state index is 5.18. The molecule has 0 spiro atoms. The predicted molar refractivity (Wildman–Crippen MR) is 249 cm³/mol. The Morgan fingerprint density at radius 3 is 1.83 bits per heavy atom. The van der Waals surface area contributed by atoms with Gasteiger partial charge in [-0.3, -0.25) is 0 Å². The van der Waals surface area contributed by atoms with Crippen LogP contribution in [0.5, 0.6) is 0 Å². The number of para-hydroxylation sites is 2. The Kier molecular flexibility index (Phi) is 9.36. The SMILES string of the molecule is C=C(N=C(/C=C(\C)c1ccccc1)c1cccc(-c2cccc([C@@H]3c4ccccc4-c4c(n(-c5ccccc5)c5ccccc45)-c4ccccc43)c2)c1)c1ccccc1. The van der Waals surface area contributed by atoms with E-state index in [4.69, 9.17) is 4.99 Å². The molecule has 1 heterocycles. The number of hydrogen-bond acceptors (Lipinski definition) is 1. The van der Waals surface area contributed by atoms with Gasteiger partial charge in [0.15, 0.2) is 0 Å². The normalized spacial score (nSPS) is 13.6. The third-order valence-electron chi connectivity index (χ3n) is 11.6. The van der Waals surface area contributed by atoms with E-state index in [-0.39, 0.29) is 5.92 Å². The van der Waals surface area contributed by atoms with Crippen LogP contribution in [-0.2, 0) is 0 Å². The molecule has 0 N–H and O–H groups in total. The second-order valence-electron chi connectivity index (χ2n) is 15.2. The van der Waals surface area contributed by atoms with Gasteiger partial charge in [-0.25, -0.2) is 4.99 Å². The van der Waals surface area contributed by atoms with Gasteiger partial charge in [-0.15, -0.1) is 0 Å². The van der Waals surface area contributed by atoms with Crippen molar-refractivity contribution < 1.29 is 0 Å². The minimum absolute atomic E-state index is 0.00342. The fourth-order valence-corrected chi connectivity index (χ4v) is 8.85. The zero-order chi connectivity index (χ0) is 39.7. The quantitative estimate of drug-likeness (QED) is 0.137. The van der Waals surface area contributed by atoms with Crippen molar-refractivity contribution in [3.05, 3.63) is 258 Å². The summed E-state index contributed by atoms with van der Waals surface area (Å²) in [6.45, 7) is 6.54. The molecule has 1 aromatic heterocycles. The molecule has 280 valence electrons. The van der Waals surface area contributed by atoms with E-state index in [1.165, 1.54) is 50.0 Å². The molecule has 1 aliphatic carbocycles. The molecule has 0 radical (unpaired) electrons. The second-order valence-corrected chi connectivity index (χ2v) is 15.2. The Bertz CT molecular complexity index is 3060. The molecular formula is C57H42N2. The van der Waals surface area contributed by atoms with Gasteiger partial charge >= 0.3 is 0 Å². The first-order valence-electron chi connectivity index (χ1n) is 20.3. The summed E-state index contributed by atoms with van der Waals surface area (Å²) in [4.78, 5) is 5.18. The summed E-state index contributed by atoms with van der Waals surface area (Å²) in [5.74, 6) is 0.00342. The zero-order valence-corrected chi connectivity index (χ0v) is 33.0. The lowest BCUT2D eigenvalue weighted by Gasteiger charge is -2.22. The summed E-state index contributed by atoms with van der Waals surface area (Å²) in [6, 6.07) is 76.3. The predicted octanol–water partition coefficient (Wildman–Crippen LogP) is 14.7. The maximum Gasteiger partial charge on any atom is 0.0712 e. The van der Waals surface area contributed by atoms with Gasteiger partial charge < -0.3 is 4.57 Å². The largest absolute Gasteiger partial charge is 0.309 e. The Morgan fingerprint density at radius 1 is 0.525 bits per heavy atom. The fraction of sp³-hybridized carbons (Fsp3) is 0.0351. The van der Waals surface area contributed by atoms with Crippen LogP contribution in [0.4, 0.5) is 0 Å². The number of fused-ring (bicyclic) bond motifs is 7. The second kappa shape index (κ2) is 15.4. The molecule has 0 amide bonds. The van der Waals surface area contributed by atoms with Crippen molar-refractivity contribution in [2.45, 2.75) is 12.8 Å². The zero-order valence-electron chi connectivity index (χ0n) is 33.0. The smallest absolute Gasteiger partial charge is 0.0712 e. The van der Waals surface area contributed by atoms with Crippen LogP contribution in [0, 0.1) is 0 Å². The molecule has 2 heteroatoms. The van der Waals surface area contributed by atoms with E-state index in [1.54, 1.807) is 0 Å². The monoisotopic (exact) mass is 754 g/mol. The van der Waals surface area contributed by atoms with Crippen molar-refractivity contribution in [3.63, 3.8) is 0 Å². The van der Waals surface area contributed by atoms with Gasteiger partial charge in [0.2, 0.25) is 0 Å². The number of rotatable bonds is 8. The van der Waals surface area contributed by atoms with Crippen LogP contribution in [0.1, 0.15) is 46.2 Å². The summed E-state index contributed by atoms with van der Waals surface area (Å²) < 4.78 is 2.46. The van der Waals surface area contributed by atoms with Crippen molar-refractivity contribution in [2.75, 3.05) is 0 Å². The summed E-state index contributed by atoms with van der Waals surface area (Å²) in [5.41, 5.74) is 19.4. The number of benzene rings is 8. The molecular weight excluding hydrogens is 713 g/mol. The van der Waals surface area contributed by atoms with E-state index in [0.717, 1.165) is 50.5 Å². The molecule has 9 aromatic rings. The van der Waals surface area contributed by atoms with Gasteiger partial charge in [-0.1, -0.05) is 195 Å². The molecule has 0 bridgehead atoms. The van der Waals surface area contributed by atoms with Crippen molar-refractivity contribution >= 4 is 27.9 Å². The minimum atomic E-state index is 0.00342. The van der Waals surface area contributed by atoms with E-state index in [9.17, 15) is 0 Å². The third-order valence-corrected chi connectivity index (χ3v) is 11.6. The molecule has 8 aromatic carbocycles. The van der Waals surface area contributed by atoms with E-state index >= 15 is 0 Å². The lowest BCUT2D eigenvalue weighted by atomic mass is 9.81. The average molecular weight is 755 g/mol. The molecule has 0 unspecified atom stereocenters. The van der Waals surface area contributed by atoms with Crippen molar-refractivity contribution in [1.82, 2.24) is 4.57 Å². The first-order chi connectivity index (χ1) is 29.1. The van der Waals surface area contributed by atoms with Crippen molar-refractivity contribution in [3.8, 4) is 39.2 Å². The molecule has 0 saturated heterocycles. The van der Waals surface area contributed by atoms with Gasteiger partial charge in [0.25, 0.3) is 0 Å². The highest BCUT2D eigenvalue weighted by molar-refractivity contribution is 6.14. The molecule has 2 nitrogen and oxygen atoms in total. The third kappa shape index (κ3) is 6.65. The Balaban J connectivity index is 1.12. The molecule has 0 fully saturated rings. The molecule has 59 heavy (non-hydrogen) atoms. The van der Waals surface area contributed by atoms with Crippen LogP contribution in [0.2, 0.25) is 0 Å². The van der Waals surface area contributed by atoms with Crippen LogP contribution >= 0.6 is 0 Å². The van der Waals surface area contributed by atoms with E-state index in [2.05, 4.69) is 218 Å². The number of hydrogen-bond donors (Lipinski definition) is 0. The number of aliphatic imine (C=N–C) groups is 1. The lowest BCUT2D eigenvalue weighted by Crippen LogP contribution is -2.06. The van der Waals surface area contributed by atoms with Crippen molar-refractivity contribution in [2.24, 2.45) is 4.99 Å². The number of nitrogens with zero attached hydrogens (tertiary/aromatic N) is 2. The Morgan fingerprint density at radius 2 is 1.08 bits per heavy atom. The molecule has 10 rings (SSSR count). The summed E-state index contributed by atoms with van der Waals surface area (Å²) in [6.07, 6.45) is 2.18. The maximum atomic E-state index is 5.18. The highest BCUT2D eigenvalue weighted by Crippen LogP contribution is 2.52. The van der Waals surface area contributed by atoms with E-state index in [1.807, 2.05) is 18.2 Å². The molecule has 1 aliphatic rings. The molecule has 0 saturated carbocycles. The molecule has 0 aliphatic heterocycles. The van der Waals surface area contributed by atoms with Crippen LogP contribution in [-0.4, -0.2) is 10.3 Å². The highest BCUT2D eigenvalue weighted by atomic mass is 15.0. The van der Waals surface area contributed by atoms with Gasteiger partial charge in [-0.2, -0.15) is 0 Å². The van der Waals surface area contributed by atoms with Crippen LogP contribution in [0.15, 0.2) is 230 Å². The fourth-order valence-electron chi connectivity index (χ4n) is 8.85. The average Bonchev–Trinajstić information content (AvgIpc) is 3.59.